The maximum absolute atomic E-state index is 9.42. The van der Waals surface area contributed by atoms with Crippen molar-refractivity contribution >= 4 is 11.3 Å². The molecule has 2 aromatic rings. The number of hydrogen-bond donors (Lipinski definition) is 1. The molecule has 16 heavy (non-hydrogen) atoms. The van der Waals surface area contributed by atoms with Gasteiger partial charge in [-0.25, -0.2) is 4.98 Å². The van der Waals surface area contributed by atoms with Crippen LogP contribution in [0.2, 0.25) is 0 Å². The first-order chi connectivity index (χ1) is 7.79. The Balaban J connectivity index is 2.13. The highest BCUT2D eigenvalue weighted by atomic mass is 32.1. The van der Waals surface area contributed by atoms with E-state index in [-0.39, 0.29) is 12.5 Å². The summed E-state index contributed by atoms with van der Waals surface area (Å²) in [6, 6.07) is 8.34. The fraction of sp³-hybridized carbons (Fsp3) is 0.308. The molecule has 1 unspecified atom stereocenters. The average Bonchev–Trinajstić information content (AvgIpc) is 2.80. The van der Waals surface area contributed by atoms with Crippen LogP contribution in [0.15, 0.2) is 35.2 Å². The van der Waals surface area contributed by atoms with Crippen molar-refractivity contribution in [1.29, 1.82) is 0 Å². The van der Waals surface area contributed by atoms with Gasteiger partial charge in [-0.05, 0) is 18.9 Å². The fourth-order valence-electron chi connectivity index (χ4n) is 1.72. The van der Waals surface area contributed by atoms with Gasteiger partial charge in [0.1, 0.15) is 0 Å². The van der Waals surface area contributed by atoms with E-state index < -0.39 is 0 Å². The fourth-order valence-corrected chi connectivity index (χ4v) is 2.29. The van der Waals surface area contributed by atoms with Gasteiger partial charge in [-0.15, -0.1) is 11.3 Å². The van der Waals surface area contributed by atoms with Crippen LogP contribution >= 0.6 is 11.3 Å². The zero-order valence-corrected chi connectivity index (χ0v) is 10.1. The summed E-state index contributed by atoms with van der Waals surface area (Å²) in [6.07, 6.45) is 0.809. The molecule has 0 amide bonds. The SMILES string of the molecule is Cc1ccc(C(CO)Cc2cscn2)cc1. The molecule has 0 saturated carbocycles. The summed E-state index contributed by atoms with van der Waals surface area (Å²) in [5.74, 6) is 0.155. The molecule has 1 aromatic carbocycles. The third kappa shape index (κ3) is 2.68. The van der Waals surface area contributed by atoms with Crippen LogP contribution in [0.25, 0.3) is 0 Å². The molecular weight excluding hydrogens is 218 g/mol. The number of benzene rings is 1. The highest BCUT2D eigenvalue weighted by Gasteiger charge is 2.12. The molecule has 1 aromatic heterocycles. The minimum atomic E-state index is 0.155. The Morgan fingerprint density at radius 3 is 2.62 bits per heavy atom. The topological polar surface area (TPSA) is 33.1 Å². The molecular formula is C13H15NOS. The molecule has 0 radical (unpaired) electrons. The van der Waals surface area contributed by atoms with Crippen molar-refractivity contribution in [1.82, 2.24) is 4.98 Å². The van der Waals surface area contributed by atoms with Crippen molar-refractivity contribution in [3.8, 4) is 0 Å². The lowest BCUT2D eigenvalue weighted by atomic mass is 9.95. The van der Waals surface area contributed by atoms with Crippen LogP contribution in [0.3, 0.4) is 0 Å². The Kier molecular flexibility index (Phi) is 3.70. The maximum atomic E-state index is 9.42. The number of nitrogens with zero attached hydrogens (tertiary/aromatic N) is 1. The highest BCUT2D eigenvalue weighted by Crippen LogP contribution is 2.20. The van der Waals surface area contributed by atoms with E-state index in [9.17, 15) is 5.11 Å². The number of aryl methyl sites for hydroxylation is 1. The largest absolute Gasteiger partial charge is 0.396 e. The smallest absolute Gasteiger partial charge is 0.0794 e. The molecule has 2 rings (SSSR count). The summed E-state index contributed by atoms with van der Waals surface area (Å²) in [6.45, 7) is 2.23. The lowest BCUT2D eigenvalue weighted by Gasteiger charge is -2.13. The highest BCUT2D eigenvalue weighted by molar-refractivity contribution is 7.07. The van der Waals surface area contributed by atoms with Gasteiger partial charge in [-0.2, -0.15) is 0 Å². The van der Waals surface area contributed by atoms with Gasteiger partial charge in [0.15, 0.2) is 0 Å². The molecule has 0 bridgehead atoms. The lowest BCUT2D eigenvalue weighted by Crippen LogP contribution is -2.07. The Labute approximate surface area is 99.6 Å². The van der Waals surface area contributed by atoms with Crippen LogP contribution in [0.4, 0.5) is 0 Å². The second-order valence-electron chi connectivity index (χ2n) is 3.97. The molecule has 0 aliphatic carbocycles. The van der Waals surface area contributed by atoms with Crippen molar-refractivity contribution in [3.05, 3.63) is 52.0 Å². The van der Waals surface area contributed by atoms with Crippen molar-refractivity contribution < 1.29 is 5.11 Å². The van der Waals surface area contributed by atoms with E-state index in [1.54, 1.807) is 11.3 Å². The zero-order chi connectivity index (χ0) is 11.4. The van der Waals surface area contributed by atoms with Gasteiger partial charge in [-0.1, -0.05) is 29.8 Å². The van der Waals surface area contributed by atoms with E-state index in [0.717, 1.165) is 12.1 Å². The molecule has 2 nitrogen and oxygen atoms in total. The number of aliphatic hydroxyl groups is 1. The summed E-state index contributed by atoms with van der Waals surface area (Å²) in [4.78, 5) is 4.25. The third-order valence-electron chi connectivity index (χ3n) is 2.71. The van der Waals surface area contributed by atoms with E-state index >= 15 is 0 Å². The van der Waals surface area contributed by atoms with Gasteiger partial charge in [0.2, 0.25) is 0 Å². The van der Waals surface area contributed by atoms with Crippen molar-refractivity contribution in [2.45, 2.75) is 19.3 Å². The van der Waals surface area contributed by atoms with Gasteiger partial charge >= 0.3 is 0 Å². The van der Waals surface area contributed by atoms with E-state index in [4.69, 9.17) is 0 Å². The second kappa shape index (κ2) is 5.23. The molecule has 1 heterocycles. The van der Waals surface area contributed by atoms with Gasteiger partial charge in [-0.3, -0.25) is 0 Å². The second-order valence-corrected chi connectivity index (χ2v) is 4.69. The van der Waals surface area contributed by atoms with Crippen molar-refractivity contribution in [3.63, 3.8) is 0 Å². The van der Waals surface area contributed by atoms with Crippen molar-refractivity contribution in [2.24, 2.45) is 0 Å². The van der Waals surface area contributed by atoms with E-state index in [2.05, 4.69) is 36.2 Å². The summed E-state index contributed by atoms with van der Waals surface area (Å²) in [5.41, 5.74) is 5.32. The Morgan fingerprint density at radius 1 is 1.31 bits per heavy atom. The van der Waals surface area contributed by atoms with Crippen molar-refractivity contribution in [2.75, 3.05) is 6.61 Å². The van der Waals surface area contributed by atoms with Gasteiger partial charge in [0, 0.05) is 11.3 Å². The number of hydrogen-bond acceptors (Lipinski definition) is 3. The normalized spacial score (nSPS) is 12.6. The van der Waals surface area contributed by atoms with Crippen LogP contribution < -0.4 is 0 Å². The summed E-state index contributed by atoms with van der Waals surface area (Å²) in [5, 5.41) is 11.5. The number of thiazole rings is 1. The standard InChI is InChI=1S/C13H15NOS/c1-10-2-4-11(5-3-10)12(7-15)6-13-8-16-9-14-13/h2-5,8-9,12,15H,6-7H2,1H3. The first-order valence-corrected chi connectivity index (χ1v) is 6.28. The quantitative estimate of drug-likeness (QED) is 0.881. The minimum absolute atomic E-state index is 0.155. The summed E-state index contributed by atoms with van der Waals surface area (Å²) < 4.78 is 0. The molecule has 0 saturated heterocycles. The van der Waals surface area contributed by atoms with Crippen LogP contribution in [-0.2, 0) is 6.42 Å². The van der Waals surface area contributed by atoms with Crippen LogP contribution in [0.5, 0.6) is 0 Å². The Hall–Kier alpha value is -1.19. The molecule has 0 aliphatic heterocycles. The monoisotopic (exact) mass is 233 g/mol. The number of aromatic nitrogens is 1. The molecule has 0 aliphatic rings. The van der Waals surface area contributed by atoms with E-state index in [0.29, 0.717) is 0 Å². The Bertz CT molecular complexity index is 422. The number of aliphatic hydroxyl groups excluding tert-OH is 1. The molecule has 0 spiro atoms. The summed E-state index contributed by atoms with van der Waals surface area (Å²) in [7, 11) is 0. The van der Waals surface area contributed by atoms with Crippen LogP contribution in [0.1, 0.15) is 22.7 Å². The predicted octanol–water partition coefficient (Wildman–Crippen LogP) is 2.77. The molecule has 1 N–H and O–H groups in total. The number of rotatable bonds is 4. The zero-order valence-electron chi connectivity index (χ0n) is 9.26. The van der Waals surface area contributed by atoms with Gasteiger partial charge in [0.05, 0.1) is 17.8 Å². The average molecular weight is 233 g/mol. The lowest BCUT2D eigenvalue weighted by molar-refractivity contribution is 0.264. The van der Waals surface area contributed by atoms with Crippen LogP contribution in [0, 0.1) is 6.92 Å². The summed E-state index contributed by atoms with van der Waals surface area (Å²) >= 11 is 1.60. The van der Waals surface area contributed by atoms with E-state index in [1.165, 1.54) is 11.1 Å². The van der Waals surface area contributed by atoms with Crippen LogP contribution in [-0.4, -0.2) is 16.7 Å². The molecule has 1 atom stereocenters. The molecule has 0 fully saturated rings. The van der Waals surface area contributed by atoms with Gasteiger partial charge in [0.25, 0.3) is 0 Å². The molecule has 3 heteroatoms. The first-order valence-electron chi connectivity index (χ1n) is 5.34. The maximum Gasteiger partial charge on any atom is 0.0794 e. The van der Waals surface area contributed by atoms with E-state index in [1.807, 2.05) is 10.9 Å². The molecule has 84 valence electrons. The third-order valence-corrected chi connectivity index (χ3v) is 3.34. The predicted molar refractivity (Wildman–Crippen MR) is 66.8 cm³/mol. The Morgan fingerprint density at radius 2 is 2.06 bits per heavy atom. The first kappa shape index (κ1) is 11.3. The van der Waals surface area contributed by atoms with Gasteiger partial charge < -0.3 is 5.11 Å². The minimum Gasteiger partial charge on any atom is -0.396 e.